The third kappa shape index (κ3) is 4.85. The van der Waals surface area contributed by atoms with Gasteiger partial charge in [0.05, 0.1) is 12.6 Å². The molecule has 0 spiro atoms. The normalized spacial score (nSPS) is 17.8. The standard InChI is InChI=1S/C25H28N2O6/c28-14-16-6-5-13-27(16)24(31)22(11-12-23(29)30)26-25(32)33-15-21-19-9-3-1-7-17(19)18-8-2-4-10-20(18)21/h1-4,7-10,16,21-22,28H,5-6,11-15H2,(H,26,32)(H,29,30)/t16-,22?/m1/s1. The lowest BCUT2D eigenvalue weighted by Crippen LogP contribution is -2.51. The smallest absolute Gasteiger partial charge is 0.407 e. The molecular weight excluding hydrogens is 424 g/mol. The Morgan fingerprint density at radius 3 is 2.30 bits per heavy atom. The predicted molar refractivity (Wildman–Crippen MR) is 121 cm³/mol. The summed E-state index contributed by atoms with van der Waals surface area (Å²) in [6, 6.07) is 14.6. The van der Waals surface area contributed by atoms with Gasteiger partial charge in [0.15, 0.2) is 0 Å². The molecule has 1 aliphatic heterocycles. The van der Waals surface area contributed by atoms with Crippen molar-refractivity contribution in [2.24, 2.45) is 0 Å². The van der Waals surface area contributed by atoms with Crippen LogP contribution in [0.25, 0.3) is 11.1 Å². The molecule has 4 rings (SSSR count). The molecule has 8 nitrogen and oxygen atoms in total. The van der Waals surface area contributed by atoms with Crippen molar-refractivity contribution in [2.75, 3.05) is 19.8 Å². The summed E-state index contributed by atoms with van der Waals surface area (Å²) in [6.45, 7) is 0.408. The van der Waals surface area contributed by atoms with E-state index in [0.717, 1.165) is 28.7 Å². The zero-order chi connectivity index (χ0) is 23.4. The van der Waals surface area contributed by atoms with Crippen molar-refractivity contribution >= 4 is 18.0 Å². The van der Waals surface area contributed by atoms with Crippen LogP contribution in [0.2, 0.25) is 0 Å². The Kier molecular flexibility index (Phi) is 6.93. The number of alkyl carbamates (subject to hydrolysis) is 1. The molecule has 174 valence electrons. The number of likely N-dealkylation sites (tertiary alicyclic amines) is 1. The Bertz CT molecular complexity index is 994. The maximum atomic E-state index is 13.0. The van der Waals surface area contributed by atoms with Crippen LogP contribution in [0.15, 0.2) is 48.5 Å². The Hall–Kier alpha value is -3.39. The highest BCUT2D eigenvalue weighted by molar-refractivity contribution is 5.87. The molecule has 8 heteroatoms. The molecule has 2 aromatic carbocycles. The Labute approximate surface area is 192 Å². The quantitative estimate of drug-likeness (QED) is 0.567. The van der Waals surface area contributed by atoms with E-state index in [-0.39, 0.29) is 43.9 Å². The number of nitrogens with zero attached hydrogens (tertiary/aromatic N) is 1. The van der Waals surface area contributed by atoms with Gasteiger partial charge in [0, 0.05) is 18.9 Å². The summed E-state index contributed by atoms with van der Waals surface area (Å²) in [5, 5.41) is 21.2. The van der Waals surface area contributed by atoms with Gasteiger partial charge >= 0.3 is 12.1 Å². The van der Waals surface area contributed by atoms with Gasteiger partial charge < -0.3 is 25.2 Å². The maximum Gasteiger partial charge on any atom is 0.407 e. The van der Waals surface area contributed by atoms with Crippen LogP contribution in [0.1, 0.15) is 42.7 Å². The zero-order valence-electron chi connectivity index (χ0n) is 18.3. The van der Waals surface area contributed by atoms with Crippen LogP contribution >= 0.6 is 0 Å². The number of hydrogen-bond acceptors (Lipinski definition) is 5. The van der Waals surface area contributed by atoms with E-state index in [1.54, 1.807) is 0 Å². The Morgan fingerprint density at radius 1 is 1.06 bits per heavy atom. The first kappa shape index (κ1) is 22.8. The maximum absolute atomic E-state index is 13.0. The van der Waals surface area contributed by atoms with Gasteiger partial charge in [-0.05, 0) is 41.5 Å². The number of hydrogen-bond donors (Lipinski definition) is 3. The van der Waals surface area contributed by atoms with Gasteiger partial charge in [-0.3, -0.25) is 9.59 Å². The number of carbonyl (C=O) groups excluding carboxylic acids is 2. The molecule has 2 amide bonds. The Balaban J connectivity index is 1.43. The molecule has 2 aromatic rings. The average Bonchev–Trinajstić information content (AvgIpc) is 3.42. The number of aliphatic hydroxyl groups excluding tert-OH is 1. The van der Waals surface area contributed by atoms with Crippen LogP contribution in [-0.2, 0) is 14.3 Å². The number of carboxylic acids is 1. The first-order valence-corrected chi connectivity index (χ1v) is 11.2. The van der Waals surface area contributed by atoms with Gasteiger partial charge in [-0.15, -0.1) is 0 Å². The number of amides is 2. The van der Waals surface area contributed by atoms with Crippen molar-refractivity contribution in [3.8, 4) is 11.1 Å². The molecule has 0 saturated carbocycles. The molecule has 1 aliphatic carbocycles. The molecule has 0 aromatic heterocycles. The van der Waals surface area contributed by atoms with Gasteiger partial charge in [0.1, 0.15) is 12.6 Å². The molecule has 1 unspecified atom stereocenters. The van der Waals surface area contributed by atoms with E-state index in [1.807, 2.05) is 48.5 Å². The van der Waals surface area contributed by atoms with Gasteiger partial charge in [0.25, 0.3) is 0 Å². The highest BCUT2D eigenvalue weighted by Crippen LogP contribution is 2.44. The lowest BCUT2D eigenvalue weighted by Gasteiger charge is -2.28. The van der Waals surface area contributed by atoms with Crippen molar-refractivity contribution in [2.45, 2.75) is 43.7 Å². The first-order valence-electron chi connectivity index (χ1n) is 11.2. The monoisotopic (exact) mass is 452 g/mol. The molecule has 1 saturated heterocycles. The van der Waals surface area contributed by atoms with E-state index in [0.29, 0.717) is 13.0 Å². The van der Waals surface area contributed by atoms with Crippen LogP contribution in [0.4, 0.5) is 4.79 Å². The SMILES string of the molecule is O=C(O)CCC(NC(=O)OCC1c2ccccc2-c2ccccc21)C(=O)N1CCC[C@@H]1CO. The summed E-state index contributed by atoms with van der Waals surface area (Å²) in [5.41, 5.74) is 4.38. The molecule has 3 N–H and O–H groups in total. The van der Waals surface area contributed by atoms with E-state index in [4.69, 9.17) is 9.84 Å². The number of benzene rings is 2. The van der Waals surface area contributed by atoms with Crippen LogP contribution < -0.4 is 5.32 Å². The summed E-state index contributed by atoms with van der Waals surface area (Å²) >= 11 is 0. The first-order chi connectivity index (χ1) is 16.0. The number of aliphatic carboxylic acids is 1. The van der Waals surface area contributed by atoms with Gasteiger partial charge in [-0.25, -0.2) is 4.79 Å². The number of aliphatic hydroxyl groups is 1. The van der Waals surface area contributed by atoms with E-state index in [1.165, 1.54) is 4.90 Å². The van der Waals surface area contributed by atoms with Crippen LogP contribution in [-0.4, -0.2) is 64.9 Å². The summed E-state index contributed by atoms with van der Waals surface area (Å²) < 4.78 is 5.53. The molecule has 2 aliphatic rings. The molecule has 1 heterocycles. The van der Waals surface area contributed by atoms with E-state index in [9.17, 15) is 19.5 Å². The van der Waals surface area contributed by atoms with E-state index < -0.39 is 18.1 Å². The second-order valence-corrected chi connectivity index (χ2v) is 8.47. The van der Waals surface area contributed by atoms with Crippen molar-refractivity contribution in [3.05, 3.63) is 59.7 Å². The van der Waals surface area contributed by atoms with Crippen LogP contribution in [0.3, 0.4) is 0 Å². The summed E-state index contributed by atoms with van der Waals surface area (Å²) in [7, 11) is 0. The second-order valence-electron chi connectivity index (χ2n) is 8.47. The van der Waals surface area contributed by atoms with Gasteiger partial charge in [0.2, 0.25) is 5.91 Å². The fraction of sp³-hybridized carbons (Fsp3) is 0.400. The third-order valence-corrected chi connectivity index (χ3v) is 6.45. The summed E-state index contributed by atoms with van der Waals surface area (Å²) in [6.07, 6.45) is 0.359. The molecule has 33 heavy (non-hydrogen) atoms. The molecule has 0 bridgehead atoms. The average molecular weight is 453 g/mol. The fourth-order valence-corrected chi connectivity index (χ4v) is 4.82. The second kappa shape index (κ2) is 10.0. The number of nitrogens with one attached hydrogen (secondary N) is 1. The predicted octanol–water partition coefficient (Wildman–Crippen LogP) is 2.74. The lowest BCUT2D eigenvalue weighted by molar-refractivity contribution is -0.138. The minimum absolute atomic E-state index is 0.0486. The summed E-state index contributed by atoms with van der Waals surface area (Å²) in [4.78, 5) is 38.3. The molecule has 1 fully saturated rings. The largest absolute Gasteiger partial charge is 0.481 e. The number of rotatable bonds is 8. The number of fused-ring (bicyclic) bond motifs is 3. The number of carboxylic acid groups (broad SMARTS) is 1. The third-order valence-electron chi connectivity index (χ3n) is 6.45. The minimum atomic E-state index is -1.05. The fourth-order valence-electron chi connectivity index (χ4n) is 4.82. The van der Waals surface area contributed by atoms with Crippen molar-refractivity contribution in [3.63, 3.8) is 0 Å². The van der Waals surface area contributed by atoms with Crippen molar-refractivity contribution in [1.82, 2.24) is 10.2 Å². The molecule has 2 atom stereocenters. The minimum Gasteiger partial charge on any atom is -0.481 e. The summed E-state index contributed by atoms with van der Waals surface area (Å²) in [5.74, 6) is -1.56. The molecule has 0 radical (unpaired) electrons. The highest BCUT2D eigenvalue weighted by Gasteiger charge is 2.34. The topological polar surface area (TPSA) is 116 Å². The van der Waals surface area contributed by atoms with E-state index in [2.05, 4.69) is 5.32 Å². The highest BCUT2D eigenvalue weighted by atomic mass is 16.5. The number of ether oxygens (including phenoxy) is 1. The van der Waals surface area contributed by atoms with Crippen LogP contribution in [0, 0.1) is 0 Å². The van der Waals surface area contributed by atoms with Crippen molar-refractivity contribution < 1.29 is 29.3 Å². The molecular formula is C25H28N2O6. The van der Waals surface area contributed by atoms with Crippen molar-refractivity contribution in [1.29, 1.82) is 0 Å². The zero-order valence-corrected chi connectivity index (χ0v) is 18.3. The van der Waals surface area contributed by atoms with Gasteiger partial charge in [-0.2, -0.15) is 0 Å². The van der Waals surface area contributed by atoms with E-state index >= 15 is 0 Å². The Morgan fingerprint density at radius 2 is 1.70 bits per heavy atom. The lowest BCUT2D eigenvalue weighted by atomic mass is 9.98. The van der Waals surface area contributed by atoms with Gasteiger partial charge in [-0.1, -0.05) is 48.5 Å². The number of carbonyl (C=O) groups is 3. The van der Waals surface area contributed by atoms with Crippen LogP contribution in [0.5, 0.6) is 0 Å².